The van der Waals surface area contributed by atoms with Gasteiger partial charge < -0.3 is 14.5 Å². The molecule has 7 nitrogen and oxygen atoms in total. The van der Waals surface area contributed by atoms with Gasteiger partial charge >= 0.3 is 0 Å². The maximum atomic E-state index is 5.46. The van der Waals surface area contributed by atoms with Crippen molar-refractivity contribution in [2.24, 2.45) is 0 Å². The van der Waals surface area contributed by atoms with E-state index in [9.17, 15) is 0 Å². The summed E-state index contributed by atoms with van der Waals surface area (Å²) >= 11 is 0. The lowest BCUT2D eigenvalue weighted by Gasteiger charge is -2.17. The van der Waals surface area contributed by atoms with Crippen LogP contribution >= 0.6 is 0 Å². The molecule has 3 aromatic heterocycles. The number of nitrogens with one attached hydrogen (secondary N) is 1. The lowest BCUT2D eigenvalue weighted by molar-refractivity contribution is 0.193. The summed E-state index contributed by atoms with van der Waals surface area (Å²) in [6, 6.07) is 8.15. The van der Waals surface area contributed by atoms with Gasteiger partial charge in [0.2, 0.25) is 0 Å². The van der Waals surface area contributed by atoms with E-state index in [1.165, 1.54) is 5.69 Å². The Morgan fingerprint density at radius 1 is 1.33 bits per heavy atom. The van der Waals surface area contributed by atoms with E-state index in [2.05, 4.69) is 49.7 Å². The second-order valence-electron chi connectivity index (χ2n) is 7.13. The van der Waals surface area contributed by atoms with Gasteiger partial charge in [0.1, 0.15) is 17.8 Å². The normalized spacial score (nSPS) is 17.1. The summed E-state index contributed by atoms with van der Waals surface area (Å²) in [5.74, 6) is 1.28. The molecule has 1 fully saturated rings. The number of aryl methyl sites for hydroxylation is 1. The molecule has 1 aliphatic heterocycles. The standard InChI is InChI=1S/C20H26N6O/c1-15-18(26-8-4-3-5-20(26)24-15)12-25(2)9-7-21-19-11-17(22-14-23-19)16-6-10-27-13-16/h3-5,8,11,14,16H,6-7,9-10,12-13H2,1-2H3,(H,21,22,23). The van der Waals surface area contributed by atoms with Crippen LogP contribution < -0.4 is 5.32 Å². The topological polar surface area (TPSA) is 67.6 Å². The molecular formula is C20H26N6O. The highest BCUT2D eigenvalue weighted by molar-refractivity contribution is 5.42. The van der Waals surface area contributed by atoms with Crippen LogP contribution in [0.5, 0.6) is 0 Å². The second kappa shape index (κ2) is 8.02. The summed E-state index contributed by atoms with van der Waals surface area (Å²) < 4.78 is 7.63. The zero-order chi connectivity index (χ0) is 18.6. The van der Waals surface area contributed by atoms with E-state index in [0.29, 0.717) is 5.92 Å². The van der Waals surface area contributed by atoms with E-state index in [-0.39, 0.29) is 0 Å². The van der Waals surface area contributed by atoms with Crippen molar-refractivity contribution < 1.29 is 4.74 Å². The number of aromatic nitrogens is 4. The highest BCUT2D eigenvalue weighted by Crippen LogP contribution is 2.24. The van der Waals surface area contributed by atoms with Gasteiger partial charge in [0.25, 0.3) is 0 Å². The van der Waals surface area contributed by atoms with Gasteiger partial charge in [-0.3, -0.25) is 4.90 Å². The first-order valence-electron chi connectivity index (χ1n) is 9.45. The first-order chi connectivity index (χ1) is 13.2. The lowest BCUT2D eigenvalue weighted by Crippen LogP contribution is -2.26. The average molecular weight is 366 g/mol. The van der Waals surface area contributed by atoms with E-state index in [1.54, 1.807) is 6.33 Å². The Hall–Kier alpha value is -2.51. The molecule has 4 rings (SSSR count). The van der Waals surface area contributed by atoms with Crippen molar-refractivity contribution in [2.75, 3.05) is 38.7 Å². The van der Waals surface area contributed by atoms with Gasteiger partial charge in [-0.2, -0.15) is 0 Å². The molecule has 142 valence electrons. The van der Waals surface area contributed by atoms with Crippen LogP contribution in [0.3, 0.4) is 0 Å². The van der Waals surface area contributed by atoms with E-state index in [1.807, 2.05) is 24.3 Å². The largest absolute Gasteiger partial charge is 0.381 e. The zero-order valence-electron chi connectivity index (χ0n) is 15.9. The molecule has 3 aromatic rings. The minimum absolute atomic E-state index is 0.398. The minimum Gasteiger partial charge on any atom is -0.381 e. The van der Waals surface area contributed by atoms with Crippen LogP contribution in [-0.4, -0.2) is 57.6 Å². The van der Waals surface area contributed by atoms with Crippen LogP contribution in [0.4, 0.5) is 5.82 Å². The molecule has 7 heteroatoms. The Bertz CT molecular complexity index is 902. The van der Waals surface area contributed by atoms with Crippen LogP contribution in [0.25, 0.3) is 5.65 Å². The maximum absolute atomic E-state index is 5.46. The van der Waals surface area contributed by atoms with Crippen molar-refractivity contribution >= 4 is 11.5 Å². The van der Waals surface area contributed by atoms with Gasteiger partial charge in [-0.05, 0) is 32.5 Å². The van der Waals surface area contributed by atoms with Gasteiger partial charge in [-0.15, -0.1) is 0 Å². The first kappa shape index (κ1) is 17.9. The summed E-state index contributed by atoms with van der Waals surface area (Å²) in [6.07, 6.45) is 4.76. The molecule has 1 saturated heterocycles. The highest BCUT2D eigenvalue weighted by atomic mass is 16.5. The summed E-state index contributed by atoms with van der Waals surface area (Å²) in [7, 11) is 2.13. The Labute approximate surface area is 159 Å². The summed E-state index contributed by atoms with van der Waals surface area (Å²) in [5.41, 5.74) is 4.39. The molecule has 0 aliphatic carbocycles. The molecule has 1 N–H and O–H groups in total. The van der Waals surface area contributed by atoms with Crippen molar-refractivity contribution in [1.82, 2.24) is 24.3 Å². The lowest BCUT2D eigenvalue weighted by atomic mass is 10.1. The fourth-order valence-corrected chi connectivity index (χ4v) is 3.52. The van der Waals surface area contributed by atoms with Crippen molar-refractivity contribution in [1.29, 1.82) is 0 Å². The molecule has 0 aromatic carbocycles. The highest BCUT2D eigenvalue weighted by Gasteiger charge is 2.19. The zero-order valence-corrected chi connectivity index (χ0v) is 15.9. The van der Waals surface area contributed by atoms with Gasteiger partial charge in [0, 0.05) is 44.4 Å². The van der Waals surface area contributed by atoms with E-state index in [0.717, 1.165) is 62.1 Å². The number of likely N-dealkylation sites (N-methyl/N-ethyl adjacent to an activating group) is 1. The van der Waals surface area contributed by atoms with Crippen molar-refractivity contribution in [3.63, 3.8) is 0 Å². The predicted octanol–water partition coefficient (Wildman–Crippen LogP) is 2.48. The molecule has 27 heavy (non-hydrogen) atoms. The third-order valence-corrected chi connectivity index (χ3v) is 5.08. The summed E-state index contributed by atoms with van der Waals surface area (Å²) in [5, 5.41) is 3.41. The first-order valence-corrected chi connectivity index (χ1v) is 9.45. The fraction of sp³-hybridized carbons (Fsp3) is 0.450. The number of hydrogen-bond donors (Lipinski definition) is 1. The number of rotatable bonds is 7. The molecule has 1 aliphatic rings. The monoisotopic (exact) mass is 366 g/mol. The SMILES string of the molecule is Cc1nc2ccccn2c1CN(C)CCNc1cc(C2CCOC2)ncn1. The quantitative estimate of drug-likeness (QED) is 0.693. The molecule has 0 amide bonds. The summed E-state index contributed by atoms with van der Waals surface area (Å²) in [4.78, 5) is 15.7. The van der Waals surface area contributed by atoms with Crippen LogP contribution in [0.2, 0.25) is 0 Å². The maximum Gasteiger partial charge on any atom is 0.137 e. The van der Waals surface area contributed by atoms with E-state index >= 15 is 0 Å². The number of nitrogens with zero attached hydrogens (tertiary/aromatic N) is 5. The third kappa shape index (κ3) is 4.09. The van der Waals surface area contributed by atoms with Crippen LogP contribution in [0.15, 0.2) is 36.8 Å². The number of fused-ring (bicyclic) bond motifs is 1. The minimum atomic E-state index is 0.398. The Balaban J connectivity index is 1.32. The third-order valence-electron chi connectivity index (χ3n) is 5.08. The molecule has 0 saturated carbocycles. The Morgan fingerprint density at radius 2 is 2.26 bits per heavy atom. The molecule has 0 radical (unpaired) electrons. The van der Waals surface area contributed by atoms with Crippen molar-refractivity contribution in [2.45, 2.75) is 25.8 Å². The van der Waals surface area contributed by atoms with Crippen LogP contribution in [-0.2, 0) is 11.3 Å². The number of ether oxygens (including phenoxy) is 1. The van der Waals surface area contributed by atoms with Crippen LogP contribution in [0.1, 0.15) is 29.4 Å². The predicted molar refractivity (Wildman–Crippen MR) is 105 cm³/mol. The summed E-state index contributed by atoms with van der Waals surface area (Å²) in [6.45, 7) is 6.24. The number of imidazole rings is 1. The number of hydrogen-bond acceptors (Lipinski definition) is 6. The van der Waals surface area contributed by atoms with Crippen molar-refractivity contribution in [3.05, 3.63) is 53.9 Å². The molecule has 4 heterocycles. The van der Waals surface area contributed by atoms with Gasteiger partial charge in [0.05, 0.1) is 23.7 Å². The Morgan fingerprint density at radius 3 is 3.11 bits per heavy atom. The van der Waals surface area contributed by atoms with Gasteiger partial charge in [-0.1, -0.05) is 6.07 Å². The smallest absolute Gasteiger partial charge is 0.137 e. The second-order valence-corrected chi connectivity index (χ2v) is 7.13. The average Bonchev–Trinajstić information content (AvgIpc) is 3.31. The van der Waals surface area contributed by atoms with Gasteiger partial charge in [-0.25, -0.2) is 15.0 Å². The Kier molecular flexibility index (Phi) is 5.31. The molecule has 0 bridgehead atoms. The van der Waals surface area contributed by atoms with Crippen molar-refractivity contribution in [3.8, 4) is 0 Å². The molecular weight excluding hydrogens is 340 g/mol. The molecule has 1 unspecified atom stereocenters. The number of anilines is 1. The molecule has 1 atom stereocenters. The van der Waals surface area contributed by atoms with E-state index < -0.39 is 0 Å². The van der Waals surface area contributed by atoms with Crippen LogP contribution in [0, 0.1) is 6.92 Å². The van der Waals surface area contributed by atoms with Gasteiger partial charge in [0.15, 0.2) is 0 Å². The fourth-order valence-electron chi connectivity index (χ4n) is 3.52. The van der Waals surface area contributed by atoms with E-state index in [4.69, 9.17) is 4.74 Å². The number of pyridine rings is 1. The molecule has 0 spiro atoms.